The van der Waals surface area contributed by atoms with Gasteiger partial charge in [0, 0.05) is 36.9 Å². The van der Waals surface area contributed by atoms with Crippen molar-refractivity contribution in [2.45, 2.75) is 25.4 Å². The summed E-state index contributed by atoms with van der Waals surface area (Å²) >= 11 is 5.96. The van der Waals surface area contributed by atoms with Crippen LogP contribution in [0.5, 0.6) is 11.6 Å². The largest absolute Gasteiger partial charge is 0.464 e. The number of pyridine rings is 1. The second kappa shape index (κ2) is 13.2. The summed E-state index contributed by atoms with van der Waals surface area (Å²) in [6.45, 7) is 1.23. The van der Waals surface area contributed by atoms with Crippen molar-refractivity contribution in [3.05, 3.63) is 101 Å². The van der Waals surface area contributed by atoms with E-state index in [1.807, 2.05) is 36.4 Å². The molecular formula is C30H28ClN5O5. The summed E-state index contributed by atoms with van der Waals surface area (Å²) in [4.78, 5) is 37.9. The minimum Gasteiger partial charge on any atom is -0.464 e. The van der Waals surface area contributed by atoms with Crippen molar-refractivity contribution in [3.63, 3.8) is 0 Å². The highest BCUT2D eigenvalue weighted by atomic mass is 35.5. The minimum atomic E-state index is -0.562. The van der Waals surface area contributed by atoms with Crippen molar-refractivity contribution < 1.29 is 23.8 Å². The zero-order chi connectivity index (χ0) is 28.6. The summed E-state index contributed by atoms with van der Waals surface area (Å²) in [5.74, 6) is 1.20. The number of methoxy groups -OCH3 is 1. The first-order valence-electron chi connectivity index (χ1n) is 13.0. The number of nitrogens with one attached hydrogen (secondary N) is 2. The number of carbonyl (C=O) groups excluding carboxylic acids is 2. The van der Waals surface area contributed by atoms with Gasteiger partial charge in [-0.3, -0.25) is 4.79 Å². The normalized spacial score (nSPS) is 14.0. The zero-order valence-electron chi connectivity index (χ0n) is 22.3. The average molecular weight is 574 g/mol. The lowest BCUT2D eigenvalue weighted by Gasteiger charge is -2.27. The molecular weight excluding hydrogens is 546 g/mol. The van der Waals surface area contributed by atoms with Gasteiger partial charge in [0.2, 0.25) is 11.8 Å². The monoisotopic (exact) mass is 573 g/mol. The van der Waals surface area contributed by atoms with Gasteiger partial charge >= 0.3 is 5.97 Å². The summed E-state index contributed by atoms with van der Waals surface area (Å²) in [6.07, 6.45) is 3.34. The topological polar surface area (TPSA) is 125 Å². The highest BCUT2D eigenvalue weighted by Crippen LogP contribution is 2.24. The number of carbonyl (C=O) groups is 2. The van der Waals surface area contributed by atoms with Crippen LogP contribution in [0.4, 0.5) is 11.5 Å². The maximum absolute atomic E-state index is 12.9. The van der Waals surface area contributed by atoms with Gasteiger partial charge in [-0.1, -0.05) is 35.9 Å². The van der Waals surface area contributed by atoms with Crippen LogP contribution in [0.3, 0.4) is 0 Å². The highest BCUT2D eigenvalue weighted by molar-refractivity contribution is 6.30. The number of rotatable bonds is 11. The Morgan fingerprint density at radius 1 is 1.00 bits per heavy atom. The van der Waals surface area contributed by atoms with E-state index in [2.05, 4.69) is 25.6 Å². The van der Waals surface area contributed by atoms with Crippen LogP contribution < -0.4 is 15.4 Å². The minimum absolute atomic E-state index is 0.0697. The Morgan fingerprint density at radius 2 is 1.76 bits per heavy atom. The van der Waals surface area contributed by atoms with E-state index in [-0.39, 0.29) is 24.1 Å². The number of nitrogens with zero attached hydrogens (tertiary/aromatic N) is 3. The van der Waals surface area contributed by atoms with Crippen molar-refractivity contribution in [1.82, 2.24) is 15.0 Å². The smallest absolute Gasteiger partial charge is 0.356 e. The van der Waals surface area contributed by atoms with Crippen molar-refractivity contribution in [2.24, 2.45) is 0 Å². The number of esters is 1. The highest BCUT2D eigenvalue weighted by Gasteiger charge is 2.20. The number of amides is 1. The van der Waals surface area contributed by atoms with Crippen LogP contribution in [0.1, 0.15) is 33.9 Å². The van der Waals surface area contributed by atoms with Gasteiger partial charge in [-0.2, -0.15) is 4.98 Å². The molecule has 210 valence electrons. The molecule has 1 fully saturated rings. The summed E-state index contributed by atoms with van der Waals surface area (Å²) < 4.78 is 16.1. The van der Waals surface area contributed by atoms with E-state index in [1.54, 1.807) is 30.5 Å². The van der Waals surface area contributed by atoms with Gasteiger partial charge in [-0.25, -0.2) is 14.8 Å². The van der Waals surface area contributed by atoms with Crippen molar-refractivity contribution in [2.75, 3.05) is 30.9 Å². The molecule has 2 N–H and O–H groups in total. The molecule has 1 saturated heterocycles. The number of ether oxygens (including phenoxy) is 3. The van der Waals surface area contributed by atoms with Gasteiger partial charge in [-0.15, -0.1) is 0 Å². The Kier molecular flexibility index (Phi) is 9.02. The summed E-state index contributed by atoms with van der Waals surface area (Å²) in [7, 11) is 1.29. The lowest BCUT2D eigenvalue weighted by molar-refractivity contribution is -0.115. The number of aromatic nitrogens is 3. The molecule has 1 aliphatic heterocycles. The van der Waals surface area contributed by atoms with Gasteiger partial charge in [0.1, 0.15) is 11.6 Å². The first kappa shape index (κ1) is 28.0. The third-order valence-corrected chi connectivity index (χ3v) is 6.57. The predicted octanol–water partition coefficient (Wildman–Crippen LogP) is 5.08. The first-order chi connectivity index (χ1) is 19.9. The third-order valence-electron chi connectivity index (χ3n) is 6.32. The number of hydrogen-bond acceptors (Lipinski definition) is 9. The SMILES string of the molecule is COC(=O)c1ccc(NC(=O)Cc2ccc(Oc3ccnc(Cc4ccc(Cl)cc4)n3)cc2)c(NCC2CCO2)n1. The van der Waals surface area contributed by atoms with E-state index in [0.29, 0.717) is 46.9 Å². The Morgan fingerprint density at radius 3 is 2.46 bits per heavy atom. The molecule has 11 heteroatoms. The number of anilines is 2. The molecule has 0 bridgehead atoms. The Hall–Kier alpha value is -4.54. The van der Waals surface area contributed by atoms with Crippen molar-refractivity contribution in [3.8, 4) is 11.6 Å². The molecule has 1 unspecified atom stereocenters. The van der Waals surface area contributed by atoms with Crippen molar-refractivity contribution in [1.29, 1.82) is 0 Å². The van der Waals surface area contributed by atoms with Gasteiger partial charge in [-0.05, 0) is 53.9 Å². The molecule has 3 heterocycles. The van der Waals surface area contributed by atoms with Crippen LogP contribution in [-0.4, -0.2) is 53.2 Å². The molecule has 0 saturated carbocycles. The summed E-state index contributed by atoms with van der Waals surface area (Å²) in [5.41, 5.74) is 2.43. The molecule has 10 nitrogen and oxygen atoms in total. The fraction of sp³-hybridized carbons (Fsp3) is 0.233. The van der Waals surface area contributed by atoms with E-state index in [9.17, 15) is 9.59 Å². The second-order valence-electron chi connectivity index (χ2n) is 9.33. The quantitative estimate of drug-likeness (QED) is 0.236. The van der Waals surface area contributed by atoms with Gasteiger partial charge in [0.05, 0.1) is 25.3 Å². The van der Waals surface area contributed by atoms with E-state index < -0.39 is 5.97 Å². The maximum atomic E-state index is 12.9. The summed E-state index contributed by atoms with van der Waals surface area (Å²) in [6, 6.07) is 19.5. The fourth-order valence-electron chi connectivity index (χ4n) is 4.05. The van der Waals surface area contributed by atoms with Crippen molar-refractivity contribution >= 4 is 35.0 Å². The molecule has 5 rings (SSSR count). The fourth-order valence-corrected chi connectivity index (χ4v) is 4.18. The molecule has 1 aliphatic rings. The maximum Gasteiger partial charge on any atom is 0.356 e. The van der Waals surface area contributed by atoms with Crippen LogP contribution in [-0.2, 0) is 27.1 Å². The molecule has 4 aromatic rings. The molecule has 41 heavy (non-hydrogen) atoms. The van der Waals surface area contributed by atoms with E-state index in [1.165, 1.54) is 13.2 Å². The van der Waals surface area contributed by atoms with Gasteiger partial charge in [0.15, 0.2) is 11.5 Å². The standard InChI is InChI=1S/C30H28ClN5O5/c1-39-30(38)25-11-10-24(29(35-25)33-18-23-13-15-40-23)34-27(37)17-20-4-8-22(9-5-20)41-28-12-14-32-26(36-28)16-19-2-6-21(31)7-3-19/h2-12,14,23H,13,15-18H2,1H3,(H,33,35)(H,34,37). The van der Waals surface area contributed by atoms with Gasteiger partial charge < -0.3 is 24.8 Å². The predicted molar refractivity (Wildman–Crippen MR) is 154 cm³/mol. The molecule has 0 aliphatic carbocycles. The lowest BCUT2D eigenvalue weighted by atomic mass is 10.1. The van der Waals surface area contributed by atoms with Gasteiger partial charge in [0.25, 0.3) is 0 Å². The Balaban J connectivity index is 1.19. The molecule has 1 amide bonds. The van der Waals surface area contributed by atoms with E-state index >= 15 is 0 Å². The first-order valence-corrected chi connectivity index (χ1v) is 13.4. The summed E-state index contributed by atoms with van der Waals surface area (Å²) in [5, 5.41) is 6.71. The molecule has 2 aromatic carbocycles. The van der Waals surface area contributed by atoms with Crippen LogP contribution in [0.2, 0.25) is 5.02 Å². The average Bonchev–Trinajstić information content (AvgIpc) is 2.95. The third kappa shape index (κ3) is 7.77. The Bertz CT molecular complexity index is 1510. The zero-order valence-corrected chi connectivity index (χ0v) is 23.1. The molecule has 0 radical (unpaired) electrons. The van der Waals surface area contributed by atoms with E-state index in [0.717, 1.165) is 24.2 Å². The second-order valence-corrected chi connectivity index (χ2v) is 9.77. The lowest BCUT2D eigenvalue weighted by Crippen LogP contribution is -2.34. The number of hydrogen-bond donors (Lipinski definition) is 2. The molecule has 1 atom stereocenters. The van der Waals surface area contributed by atoms with Crippen LogP contribution >= 0.6 is 11.6 Å². The number of halogens is 1. The van der Waals surface area contributed by atoms with Crippen LogP contribution in [0, 0.1) is 0 Å². The number of benzene rings is 2. The molecule has 2 aromatic heterocycles. The molecule has 0 spiro atoms. The van der Waals surface area contributed by atoms with Crippen LogP contribution in [0.25, 0.3) is 0 Å². The Labute approximate surface area is 242 Å². The van der Waals surface area contributed by atoms with E-state index in [4.69, 9.17) is 25.8 Å². The van der Waals surface area contributed by atoms with Crippen LogP contribution in [0.15, 0.2) is 72.9 Å².